The Hall–Kier alpha value is -2.30. The summed E-state index contributed by atoms with van der Waals surface area (Å²) in [4.78, 5) is 21.6. The van der Waals surface area contributed by atoms with Crippen LogP contribution in [0.2, 0.25) is 0 Å². The van der Waals surface area contributed by atoms with Crippen molar-refractivity contribution >= 4 is 18.1 Å². The second-order valence-corrected chi connectivity index (χ2v) is 3.63. The van der Waals surface area contributed by atoms with E-state index in [-0.39, 0.29) is 6.03 Å². The summed E-state index contributed by atoms with van der Waals surface area (Å²) in [6.07, 6.45) is 2.59. The Morgan fingerprint density at radius 3 is 2.78 bits per heavy atom. The van der Waals surface area contributed by atoms with Gasteiger partial charge < -0.3 is 15.7 Å². The first-order valence-corrected chi connectivity index (χ1v) is 5.63. The lowest BCUT2D eigenvalue weighted by atomic mass is 10.1. The average molecular weight is 248 g/mol. The van der Waals surface area contributed by atoms with Crippen molar-refractivity contribution in [3.63, 3.8) is 0 Å². The molecule has 0 aromatic heterocycles. The van der Waals surface area contributed by atoms with Crippen LogP contribution in [0.15, 0.2) is 30.3 Å². The van der Waals surface area contributed by atoms with Crippen LogP contribution in [0, 0.1) is 0 Å². The SMILES string of the molecule is CCNC(=O)NCc1cccc(/C=C/C(=O)O)c1. The van der Waals surface area contributed by atoms with E-state index < -0.39 is 5.97 Å². The molecular formula is C13H16N2O3. The van der Waals surface area contributed by atoms with Crippen LogP contribution in [0.1, 0.15) is 18.1 Å². The molecule has 2 amide bonds. The lowest BCUT2D eigenvalue weighted by Crippen LogP contribution is -2.34. The lowest BCUT2D eigenvalue weighted by Gasteiger charge is -2.06. The van der Waals surface area contributed by atoms with Crippen molar-refractivity contribution in [3.05, 3.63) is 41.5 Å². The molecule has 0 spiro atoms. The molecule has 0 fully saturated rings. The Morgan fingerprint density at radius 1 is 1.33 bits per heavy atom. The van der Waals surface area contributed by atoms with Crippen LogP contribution in [0.4, 0.5) is 4.79 Å². The average Bonchev–Trinajstić information content (AvgIpc) is 2.35. The highest BCUT2D eigenvalue weighted by Gasteiger charge is 1.99. The summed E-state index contributed by atoms with van der Waals surface area (Å²) < 4.78 is 0. The van der Waals surface area contributed by atoms with Gasteiger partial charge in [0, 0.05) is 19.2 Å². The molecule has 0 bridgehead atoms. The highest BCUT2D eigenvalue weighted by Crippen LogP contribution is 2.07. The fourth-order valence-corrected chi connectivity index (χ4v) is 1.38. The van der Waals surface area contributed by atoms with Gasteiger partial charge in [-0.25, -0.2) is 9.59 Å². The normalized spacial score (nSPS) is 10.3. The first-order chi connectivity index (χ1) is 8.61. The van der Waals surface area contributed by atoms with E-state index in [0.717, 1.165) is 17.2 Å². The monoisotopic (exact) mass is 248 g/mol. The largest absolute Gasteiger partial charge is 0.478 e. The summed E-state index contributed by atoms with van der Waals surface area (Å²) in [6.45, 7) is 2.82. The van der Waals surface area contributed by atoms with Crippen LogP contribution in [0.25, 0.3) is 6.08 Å². The van der Waals surface area contributed by atoms with E-state index in [1.807, 2.05) is 25.1 Å². The Morgan fingerprint density at radius 2 is 2.11 bits per heavy atom. The van der Waals surface area contributed by atoms with E-state index in [4.69, 9.17) is 5.11 Å². The third kappa shape index (κ3) is 5.16. The molecule has 96 valence electrons. The predicted molar refractivity (Wildman–Crippen MR) is 69.0 cm³/mol. The zero-order valence-electron chi connectivity index (χ0n) is 10.1. The molecule has 0 aliphatic rings. The molecule has 0 saturated carbocycles. The Labute approximate surface area is 106 Å². The predicted octanol–water partition coefficient (Wildman–Crippen LogP) is 1.60. The summed E-state index contributed by atoms with van der Waals surface area (Å²) >= 11 is 0. The summed E-state index contributed by atoms with van der Waals surface area (Å²) in [5.74, 6) is -0.985. The highest BCUT2D eigenvalue weighted by atomic mass is 16.4. The molecule has 0 radical (unpaired) electrons. The molecule has 1 rings (SSSR count). The second-order valence-electron chi connectivity index (χ2n) is 3.63. The standard InChI is InChI=1S/C13H16N2O3/c1-2-14-13(18)15-9-11-5-3-4-10(8-11)6-7-12(16)17/h3-8H,2,9H2,1H3,(H,16,17)(H2,14,15,18)/b7-6+. The van der Waals surface area contributed by atoms with Crippen molar-refractivity contribution in [2.75, 3.05) is 6.54 Å². The number of nitrogens with one attached hydrogen (secondary N) is 2. The Bertz CT molecular complexity index is 455. The molecule has 0 unspecified atom stereocenters. The molecular weight excluding hydrogens is 232 g/mol. The van der Waals surface area contributed by atoms with Crippen molar-refractivity contribution in [2.45, 2.75) is 13.5 Å². The first kappa shape index (κ1) is 13.8. The van der Waals surface area contributed by atoms with Gasteiger partial charge in [-0.2, -0.15) is 0 Å². The number of carbonyl (C=O) groups is 2. The van der Waals surface area contributed by atoms with Crippen molar-refractivity contribution in [3.8, 4) is 0 Å². The number of carbonyl (C=O) groups excluding carboxylic acids is 1. The molecule has 0 aliphatic heterocycles. The fraction of sp³-hybridized carbons (Fsp3) is 0.231. The van der Waals surface area contributed by atoms with E-state index in [1.54, 1.807) is 6.07 Å². The quantitative estimate of drug-likeness (QED) is 0.692. The molecule has 18 heavy (non-hydrogen) atoms. The van der Waals surface area contributed by atoms with Gasteiger partial charge in [0.1, 0.15) is 0 Å². The molecule has 0 aliphatic carbocycles. The van der Waals surface area contributed by atoms with Crippen molar-refractivity contribution in [1.82, 2.24) is 10.6 Å². The van der Waals surface area contributed by atoms with E-state index in [2.05, 4.69) is 10.6 Å². The van der Waals surface area contributed by atoms with Gasteiger partial charge in [0.15, 0.2) is 0 Å². The van der Waals surface area contributed by atoms with Crippen molar-refractivity contribution < 1.29 is 14.7 Å². The zero-order chi connectivity index (χ0) is 13.4. The van der Waals surface area contributed by atoms with Gasteiger partial charge in [-0.05, 0) is 30.2 Å². The maximum atomic E-state index is 11.2. The summed E-state index contributed by atoms with van der Waals surface area (Å²) in [7, 11) is 0. The van der Waals surface area contributed by atoms with Crippen LogP contribution >= 0.6 is 0 Å². The minimum Gasteiger partial charge on any atom is -0.478 e. The van der Waals surface area contributed by atoms with Crippen LogP contribution in [-0.4, -0.2) is 23.7 Å². The number of hydrogen-bond donors (Lipinski definition) is 3. The second kappa shape index (κ2) is 7.11. The van der Waals surface area contributed by atoms with Gasteiger partial charge in [0.05, 0.1) is 0 Å². The van der Waals surface area contributed by atoms with Gasteiger partial charge in [0.2, 0.25) is 0 Å². The van der Waals surface area contributed by atoms with Crippen molar-refractivity contribution in [2.24, 2.45) is 0 Å². The van der Waals surface area contributed by atoms with Gasteiger partial charge in [-0.1, -0.05) is 18.2 Å². The minimum absolute atomic E-state index is 0.219. The van der Waals surface area contributed by atoms with E-state index >= 15 is 0 Å². The molecule has 3 N–H and O–H groups in total. The number of aliphatic carboxylic acids is 1. The van der Waals surface area contributed by atoms with E-state index in [1.165, 1.54) is 6.08 Å². The molecule has 5 nitrogen and oxygen atoms in total. The van der Waals surface area contributed by atoms with Crippen LogP contribution in [-0.2, 0) is 11.3 Å². The number of hydrogen-bond acceptors (Lipinski definition) is 2. The maximum absolute atomic E-state index is 11.2. The lowest BCUT2D eigenvalue weighted by molar-refractivity contribution is -0.131. The third-order valence-corrected chi connectivity index (χ3v) is 2.16. The minimum atomic E-state index is -0.985. The van der Waals surface area contributed by atoms with Crippen LogP contribution in [0.3, 0.4) is 0 Å². The third-order valence-electron chi connectivity index (χ3n) is 2.16. The highest BCUT2D eigenvalue weighted by molar-refractivity contribution is 5.85. The molecule has 1 aromatic carbocycles. The van der Waals surface area contributed by atoms with Gasteiger partial charge in [-0.3, -0.25) is 0 Å². The van der Waals surface area contributed by atoms with Gasteiger partial charge in [0.25, 0.3) is 0 Å². The smallest absolute Gasteiger partial charge is 0.328 e. The topological polar surface area (TPSA) is 78.4 Å². The fourth-order valence-electron chi connectivity index (χ4n) is 1.38. The van der Waals surface area contributed by atoms with E-state index in [0.29, 0.717) is 13.1 Å². The number of carboxylic acids is 1. The molecule has 5 heteroatoms. The van der Waals surface area contributed by atoms with Gasteiger partial charge >= 0.3 is 12.0 Å². The number of benzene rings is 1. The summed E-state index contributed by atoms with van der Waals surface area (Å²) in [6, 6.07) is 7.09. The molecule has 0 atom stereocenters. The molecule has 1 aromatic rings. The maximum Gasteiger partial charge on any atom is 0.328 e. The number of urea groups is 1. The molecule has 0 saturated heterocycles. The Kier molecular flexibility index (Phi) is 5.44. The number of carboxylic acid groups (broad SMARTS) is 1. The van der Waals surface area contributed by atoms with Crippen LogP contribution < -0.4 is 10.6 Å². The van der Waals surface area contributed by atoms with Gasteiger partial charge in [-0.15, -0.1) is 0 Å². The number of rotatable bonds is 5. The van der Waals surface area contributed by atoms with Crippen molar-refractivity contribution in [1.29, 1.82) is 0 Å². The first-order valence-electron chi connectivity index (χ1n) is 5.63. The number of amides is 2. The summed E-state index contributed by atoms with van der Waals surface area (Å²) in [5.41, 5.74) is 1.70. The Balaban J connectivity index is 2.59. The zero-order valence-corrected chi connectivity index (χ0v) is 10.1. The molecule has 0 heterocycles. The van der Waals surface area contributed by atoms with Crippen LogP contribution in [0.5, 0.6) is 0 Å². The summed E-state index contributed by atoms with van der Waals surface area (Å²) in [5, 5.41) is 13.9. The van der Waals surface area contributed by atoms with E-state index in [9.17, 15) is 9.59 Å².